The molecule has 0 saturated carbocycles. The van der Waals surface area contributed by atoms with Crippen LogP contribution in [0.2, 0.25) is 0 Å². The van der Waals surface area contributed by atoms with Gasteiger partial charge in [-0.3, -0.25) is 0 Å². The Labute approximate surface area is 93.5 Å². The highest BCUT2D eigenvalue weighted by Crippen LogP contribution is 2.20. The van der Waals surface area contributed by atoms with Gasteiger partial charge in [-0.2, -0.15) is 0 Å². The van der Waals surface area contributed by atoms with Crippen LogP contribution in [-0.2, 0) is 9.63 Å². The molecule has 16 heavy (non-hydrogen) atoms. The predicted molar refractivity (Wildman–Crippen MR) is 60.4 cm³/mol. The van der Waals surface area contributed by atoms with Crippen LogP contribution >= 0.6 is 0 Å². The fourth-order valence-corrected chi connectivity index (χ4v) is 1.57. The number of hydrogen-bond donors (Lipinski definition) is 1. The molecule has 0 bridgehead atoms. The van der Waals surface area contributed by atoms with Crippen molar-refractivity contribution in [2.45, 2.75) is 20.3 Å². The number of hydrogen-bond acceptors (Lipinski definition) is 5. The number of aryl methyl sites for hydroxylation is 1. The molecule has 1 N–H and O–H groups in total. The van der Waals surface area contributed by atoms with Crippen LogP contribution in [0.15, 0.2) is 17.3 Å². The normalized spacial score (nSPS) is 16.5. The molecular formula is C11H13N3O2. The van der Waals surface area contributed by atoms with Crippen LogP contribution < -0.4 is 5.32 Å². The van der Waals surface area contributed by atoms with Gasteiger partial charge in [-0.25, -0.2) is 9.78 Å². The molecule has 0 spiro atoms. The van der Waals surface area contributed by atoms with Gasteiger partial charge in [0.1, 0.15) is 5.82 Å². The molecule has 5 heteroatoms. The topological polar surface area (TPSA) is 63.6 Å². The van der Waals surface area contributed by atoms with Crippen LogP contribution in [0.3, 0.4) is 0 Å². The molecule has 1 aliphatic heterocycles. The zero-order valence-electron chi connectivity index (χ0n) is 9.28. The van der Waals surface area contributed by atoms with Crippen LogP contribution in [0, 0.1) is 6.92 Å². The van der Waals surface area contributed by atoms with Gasteiger partial charge in [-0.1, -0.05) is 5.16 Å². The van der Waals surface area contributed by atoms with Gasteiger partial charge in [-0.05, 0) is 19.1 Å². The zero-order valence-corrected chi connectivity index (χ0v) is 9.28. The lowest BCUT2D eigenvalue weighted by Crippen LogP contribution is -2.20. The first-order chi connectivity index (χ1) is 7.66. The van der Waals surface area contributed by atoms with Gasteiger partial charge >= 0.3 is 5.97 Å². The monoisotopic (exact) mass is 219 g/mol. The van der Waals surface area contributed by atoms with Crippen molar-refractivity contribution in [1.29, 1.82) is 0 Å². The average molecular weight is 219 g/mol. The van der Waals surface area contributed by atoms with Crippen molar-refractivity contribution in [3.8, 4) is 0 Å². The van der Waals surface area contributed by atoms with E-state index in [4.69, 9.17) is 0 Å². The van der Waals surface area contributed by atoms with Gasteiger partial charge < -0.3 is 10.2 Å². The summed E-state index contributed by atoms with van der Waals surface area (Å²) >= 11 is 0. The lowest BCUT2D eigenvalue weighted by Gasteiger charge is -2.18. The maximum Gasteiger partial charge on any atom is 0.331 e. The van der Waals surface area contributed by atoms with Gasteiger partial charge in [0.05, 0.1) is 5.71 Å². The summed E-state index contributed by atoms with van der Waals surface area (Å²) in [5.41, 5.74) is 2.61. The van der Waals surface area contributed by atoms with Gasteiger partial charge in [0.2, 0.25) is 0 Å². The number of aromatic nitrogens is 1. The van der Waals surface area contributed by atoms with E-state index in [0.717, 1.165) is 35.8 Å². The molecule has 0 aliphatic carbocycles. The lowest BCUT2D eigenvalue weighted by molar-refractivity contribution is -0.140. The van der Waals surface area contributed by atoms with E-state index in [1.165, 1.54) is 6.92 Å². The number of nitrogens with zero attached hydrogens (tertiary/aromatic N) is 2. The number of pyridine rings is 1. The quantitative estimate of drug-likeness (QED) is 0.574. The van der Waals surface area contributed by atoms with Crippen LogP contribution in [0.25, 0.3) is 0 Å². The Hall–Kier alpha value is -1.91. The SMILES string of the molecule is CC(=O)O/N=C1\CCNc2nc(C)ccc21. The number of oxime groups is 1. The third-order valence-electron chi connectivity index (χ3n) is 2.28. The molecular weight excluding hydrogens is 206 g/mol. The Balaban J connectivity index is 2.33. The molecule has 2 heterocycles. The van der Waals surface area contributed by atoms with Crippen LogP contribution in [0.1, 0.15) is 24.6 Å². The van der Waals surface area contributed by atoms with Crippen LogP contribution in [0.5, 0.6) is 0 Å². The minimum absolute atomic E-state index is 0.410. The number of fused-ring (bicyclic) bond motifs is 1. The third-order valence-corrected chi connectivity index (χ3v) is 2.28. The minimum atomic E-state index is -0.410. The molecule has 0 radical (unpaired) electrons. The first-order valence-corrected chi connectivity index (χ1v) is 5.13. The Morgan fingerprint density at radius 1 is 1.56 bits per heavy atom. The largest absolute Gasteiger partial charge is 0.369 e. The van der Waals surface area contributed by atoms with Crippen molar-refractivity contribution in [2.24, 2.45) is 5.16 Å². The molecule has 2 rings (SSSR count). The number of carbonyl (C=O) groups excluding carboxylic acids is 1. The Morgan fingerprint density at radius 3 is 3.12 bits per heavy atom. The summed E-state index contributed by atoms with van der Waals surface area (Å²) in [7, 11) is 0. The summed E-state index contributed by atoms with van der Waals surface area (Å²) in [5.74, 6) is 0.393. The fourth-order valence-electron chi connectivity index (χ4n) is 1.57. The Kier molecular flexibility index (Phi) is 2.85. The summed E-state index contributed by atoms with van der Waals surface area (Å²) in [4.78, 5) is 19.7. The summed E-state index contributed by atoms with van der Waals surface area (Å²) in [5, 5.41) is 7.03. The molecule has 0 unspecified atom stereocenters. The van der Waals surface area contributed by atoms with E-state index in [1.807, 2.05) is 19.1 Å². The molecule has 0 aromatic carbocycles. The highest BCUT2D eigenvalue weighted by molar-refractivity contribution is 6.05. The molecule has 5 nitrogen and oxygen atoms in total. The van der Waals surface area contributed by atoms with Gasteiger partial charge in [0.25, 0.3) is 0 Å². The Morgan fingerprint density at radius 2 is 2.38 bits per heavy atom. The van der Waals surface area contributed by atoms with Crippen molar-refractivity contribution in [1.82, 2.24) is 4.98 Å². The minimum Gasteiger partial charge on any atom is -0.369 e. The Bertz CT molecular complexity index is 455. The summed E-state index contributed by atoms with van der Waals surface area (Å²) in [6.07, 6.45) is 0.727. The second kappa shape index (κ2) is 4.30. The number of nitrogens with one attached hydrogen (secondary N) is 1. The van der Waals surface area contributed by atoms with Crippen molar-refractivity contribution in [3.05, 3.63) is 23.4 Å². The number of carbonyl (C=O) groups is 1. The standard InChI is InChI=1S/C11H13N3O2/c1-7-3-4-9-10(14-16-8(2)15)5-6-12-11(9)13-7/h3-4H,5-6H2,1-2H3,(H,12,13)/b14-10+. The van der Waals surface area contributed by atoms with Gasteiger partial charge in [0, 0.05) is 31.1 Å². The summed E-state index contributed by atoms with van der Waals surface area (Å²) in [6, 6.07) is 3.85. The van der Waals surface area contributed by atoms with Gasteiger partial charge in [-0.15, -0.1) is 0 Å². The molecule has 1 aromatic heterocycles. The van der Waals surface area contributed by atoms with Crippen molar-refractivity contribution in [3.63, 3.8) is 0 Å². The second-order valence-corrected chi connectivity index (χ2v) is 3.65. The van der Waals surface area contributed by atoms with Crippen LogP contribution in [0.4, 0.5) is 5.82 Å². The molecule has 1 aliphatic rings. The number of anilines is 1. The predicted octanol–water partition coefficient (Wildman–Crippen LogP) is 1.47. The highest BCUT2D eigenvalue weighted by Gasteiger charge is 2.17. The summed E-state index contributed by atoms with van der Waals surface area (Å²) in [6.45, 7) is 4.02. The first kappa shape index (κ1) is 10.6. The highest BCUT2D eigenvalue weighted by atomic mass is 16.7. The number of rotatable bonds is 1. The van der Waals surface area contributed by atoms with E-state index in [1.54, 1.807) is 0 Å². The molecule has 0 atom stereocenters. The fraction of sp³-hybridized carbons (Fsp3) is 0.364. The maximum absolute atomic E-state index is 10.7. The smallest absolute Gasteiger partial charge is 0.331 e. The van der Waals surface area contributed by atoms with Crippen molar-refractivity contribution >= 4 is 17.5 Å². The molecule has 0 saturated heterocycles. The van der Waals surface area contributed by atoms with E-state index >= 15 is 0 Å². The van der Waals surface area contributed by atoms with Crippen molar-refractivity contribution in [2.75, 3.05) is 11.9 Å². The van der Waals surface area contributed by atoms with Crippen molar-refractivity contribution < 1.29 is 9.63 Å². The molecule has 84 valence electrons. The third kappa shape index (κ3) is 2.18. The van der Waals surface area contributed by atoms with Crippen LogP contribution in [-0.4, -0.2) is 23.2 Å². The van der Waals surface area contributed by atoms with E-state index in [2.05, 4.69) is 20.3 Å². The van der Waals surface area contributed by atoms with E-state index in [-0.39, 0.29) is 0 Å². The van der Waals surface area contributed by atoms with Gasteiger partial charge in [0.15, 0.2) is 0 Å². The lowest BCUT2D eigenvalue weighted by atomic mass is 10.0. The average Bonchev–Trinajstić information content (AvgIpc) is 2.25. The molecule has 0 amide bonds. The first-order valence-electron chi connectivity index (χ1n) is 5.13. The molecule has 0 fully saturated rings. The second-order valence-electron chi connectivity index (χ2n) is 3.65. The molecule has 1 aromatic rings. The van der Waals surface area contributed by atoms with E-state index < -0.39 is 5.97 Å². The zero-order chi connectivity index (χ0) is 11.5. The summed E-state index contributed by atoms with van der Waals surface area (Å²) < 4.78 is 0. The van der Waals surface area contributed by atoms with E-state index in [9.17, 15) is 4.79 Å². The van der Waals surface area contributed by atoms with E-state index in [0.29, 0.717) is 0 Å². The maximum atomic E-state index is 10.7.